The molecule has 0 amide bonds. The van der Waals surface area contributed by atoms with Crippen molar-refractivity contribution in [2.75, 3.05) is 11.9 Å². The molecule has 4 N–H and O–H groups in total. The van der Waals surface area contributed by atoms with Crippen LogP contribution in [0, 0.1) is 6.92 Å². The maximum atomic E-state index is 9.88. The Kier molecular flexibility index (Phi) is 5.40. The van der Waals surface area contributed by atoms with Crippen molar-refractivity contribution >= 4 is 35.6 Å². The van der Waals surface area contributed by atoms with Gasteiger partial charge in [0.15, 0.2) is 5.96 Å². The number of aryl methyl sites for hydroxylation is 1. The van der Waals surface area contributed by atoms with Gasteiger partial charge < -0.3 is 16.2 Å². The lowest BCUT2D eigenvalue weighted by molar-refractivity contribution is -0.0235. The van der Waals surface area contributed by atoms with Crippen LogP contribution < -0.4 is 11.1 Å². The van der Waals surface area contributed by atoms with E-state index in [2.05, 4.69) is 10.3 Å². The maximum Gasteiger partial charge on any atom is 0.193 e. The van der Waals surface area contributed by atoms with Gasteiger partial charge in [-0.1, -0.05) is 12.1 Å². The minimum Gasteiger partial charge on any atom is -0.388 e. The molecular formula is C13H20IN3O. The second kappa shape index (κ2) is 6.38. The number of hydrogen-bond donors (Lipinski definition) is 3. The summed E-state index contributed by atoms with van der Waals surface area (Å²) in [5.41, 5.74) is 7.25. The predicted octanol–water partition coefficient (Wildman–Crippen LogP) is 2.25. The monoisotopic (exact) mass is 361 g/mol. The van der Waals surface area contributed by atoms with Crippen LogP contribution in [0.3, 0.4) is 0 Å². The van der Waals surface area contributed by atoms with Crippen molar-refractivity contribution in [2.24, 2.45) is 10.7 Å². The first-order chi connectivity index (χ1) is 8.07. The van der Waals surface area contributed by atoms with Crippen LogP contribution >= 0.6 is 24.0 Å². The Balaban J connectivity index is 0.00000162. The van der Waals surface area contributed by atoms with Crippen LogP contribution in [0.5, 0.6) is 0 Å². The van der Waals surface area contributed by atoms with Crippen molar-refractivity contribution in [1.29, 1.82) is 0 Å². The Bertz CT molecular complexity index is 430. The fraction of sp³-hybridized carbons (Fsp3) is 0.462. The van der Waals surface area contributed by atoms with Crippen LogP contribution in [0.2, 0.25) is 0 Å². The van der Waals surface area contributed by atoms with E-state index in [4.69, 9.17) is 5.73 Å². The molecule has 0 aliphatic heterocycles. The number of nitrogens with zero attached hydrogens (tertiary/aromatic N) is 1. The number of nitrogens with two attached hydrogens (primary N) is 1. The highest BCUT2D eigenvalue weighted by atomic mass is 127. The first-order valence-corrected chi connectivity index (χ1v) is 5.93. The van der Waals surface area contributed by atoms with E-state index >= 15 is 0 Å². The van der Waals surface area contributed by atoms with Gasteiger partial charge in [-0.25, -0.2) is 0 Å². The Labute approximate surface area is 125 Å². The molecule has 0 saturated heterocycles. The quantitative estimate of drug-likeness (QED) is 0.439. The molecule has 0 unspecified atom stereocenters. The van der Waals surface area contributed by atoms with Gasteiger partial charge in [-0.05, 0) is 43.9 Å². The average molecular weight is 361 g/mol. The minimum atomic E-state index is -0.612. The maximum absolute atomic E-state index is 9.88. The Morgan fingerprint density at radius 2 is 2.22 bits per heavy atom. The largest absolute Gasteiger partial charge is 0.388 e. The molecule has 0 atom stereocenters. The van der Waals surface area contributed by atoms with E-state index in [0.717, 1.165) is 24.9 Å². The Morgan fingerprint density at radius 3 is 2.78 bits per heavy atom. The van der Waals surface area contributed by atoms with Gasteiger partial charge in [0.05, 0.1) is 12.1 Å². The first kappa shape index (κ1) is 15.2. The molecule has 0 bridgehead atoms. The third-order valence-corrected chi connectivity index (χ3v) is 3.12. The van der Waals surface area contributed by atoms with Gasteiger partial charge in [0.1, 0.15) is 0 Å². The number of halogens is 1. The van der Waals surface area contributed by atoms with E-state index in [0.29, 0.717) is 12.5 Å². The Hall–Kier alpha value is -0.820. The standard InChI is InChI=1S/C13H19N3O.HI/c1-10-4-2-5-11(8-10)16-12(14)15-9-13(17)6-3-7-13;/h2,4-5,8,17H,3,6-7,9H2,1H3,(H3,14,15,16);1H. The average Bonchev–Trinajstić information content (AvgIpc) is 2.24. The number of benzene rings is 1. The second-order valence-corrected chi connectivity index (χ2v) is 4.77. The molecule has 18 heavy (non-hydrogen) atoms. The molecule has 5 heteroatoms. The van der Waals surface area contributed by atoms with Crippen LogP contribution in [-0.4, -0.2) is 23.2 Å². The molecule has 1 aliphatic rings. The fourth-order valence-electron chi connectivity index (χ4n) is 1.89. The van der Waals surface area contributed by atoms with Gasteiger partial charge in [-0.15, -0.1) is 24.0 Å². The molecular weight excluding hydrogens is 341 g/mol. The summed E-state index contributed by atoms with van der Waals surface area (Å²) in [5.74, 6) is 0.357. The van der Waals surface area contributed by atoms with Crippen molar-refractivity contribution in [3.05, 3.63) is 29.8 Å². The van der Waals surface area contributed by atoms with Crippen molar-refractivity contribution < 1.29 is 5.11 Å². The van der Waals surface area contributed by atoms with Gasteiger partial charge in [0.25, 0.3) is 0 Å². The summed E-state index contributed by atoms with van der Waals surface area (Å²) in [6.07, 6.45) is 2.74. The molecule has 100 valence electrons. The third-order valence-electron chi connectivity index (χ3n) is 3.12. The summed E-state index contributed by atoms with van der Waals surface area (Å²) >= 11 is 0. The first-order valence-electron chi connectivity index (χ1n) is 5.93. The van der Waals surface area contributed by atoms with Crippen molar-refractivity contribution in [3.63, 3.8) is 0 Å². The summed E-state index contributed by atoms with van der Waals surface area (Å²) in [6, 6.07) is 7.92. The number of aliphatic imine (C=N–C) groups is 1. The van der Waals surface area contributed by atoms with Crippen LogP contribution in [0.15, 0.2) is 29.3 Å². The number of hydrogen-bond acceptors (Lipinski definition) is 2. The summed E-state index contributed by atoms with van der Waals surface area (Å²) in [7, 11) is 0. The molecule has 2 rings (SSSR count). The van der Waals surface area contributed by atoms with Crippen LogP contribution in [0.4, 0.5) is 5.69 Å². The molecule has 1 fully saturated rings. The van der Waals surface area contributed by atoms with Crippen molar-refractivity contribution in [1.82, 2.24) is 0 Å². The van der Waals surface area contributed by atoms with Gasteiger partial charge in [-0.2, -0.15) is 0 Å². The SMILES string of the molecule is Cc1cccc(NC(N)=NCC2(O)CCC2)c1.I. The zero-order chi connectivity index (χ0) is 12.3. The molecule has 0 heterocycles. The topological polar surface area (TPSA) is 70.6 Å². The predicted molar refractivity (Wildman–Crippen MR) is 85.5 cm³/mol. The van der Waals surface area contributed by atoms with Crippen molar-refractivity contribution in [2.45, 2.75) is 31.8 Å². The van der Waals surface area contributed by atoms with Gasteiger partial charge in [0.2, 0.25) is 0 Å². The van der Waals surface area contributed by atoms with E-state index in [9.17, 15) is 5.11 Å². The molecule has 0 spiro atoms. The van der Waals surface area contributed by atoms with Crippen LogP contribution in [-0.2, 0) is 0 Å². The van der Waals surface area contributed by atoms with E-state index in [1.165, 1.54) is 5.56 Å². The van der Waals surface area contributed by atoms with E-state index in [1.54, 1.807) is 0 Å². The van der Waals surface area contributed by atoms with E-state index < -0.39 is 5.60 Å². The van der Waals surface area contributed by atoms with Crippen LogP contribution in [0.25, 0.3) is 0 Å². The number of rotatable bonds is 3. The lowest BCUT2D eigenvalue weighted by Crippen LogP contribution is -2.41. The lowest BCUT2D eigenvalue weighted by Gasteiger charge is -2.34. The van der Waals surface area contributed by atoms with E-state index in [-0.39, 0.29) is 24.0 Å². The summed E-state index contributed by atoms with van der Waals surface area (Å²) in [6.45, 7) is 2.41. The van der Waals surface area contributed by atoms with Crippen molar-refractivity contribution in [3.8, 4) is 0 Å². The smallest absolute Gasteiger partial charge is 0.193 e. The highest BCUT2D eigenvalue weighted by Crippen LogP contribution is 2.31. The van der Waals surface area contributed by atoms with Gasteiger partial charge in [0, 0.05) is 5.69 Å². The van der Waals surface area contributed by atoms with Gasteiger partial charge in [-0.3, -0.25) is 4.99 Å². The molecule has 0 aromatic heterocycles. The van der Waals surface area contributed by atoms with Gasteiger partial charge >= 0.3 is 0 Å². The molecule has 1 saturated carbocycles. The third kappa shape index (κ3) is 4.13. The number of anilines is 1. The second-order valence-electron chi connectivity index (χ2n) is 4.77. The summed E-state index contributed by atoms with van der Waals surface area (Å²) in [4.78, 5) is 4.18. The fourth-order valence-corrected chi connectivity index (χ4v) is 1.89. The molecule has 0 radical (unpaired) electrons. The molecule has 4 nitrogen and oxygen atoms in total. The number of aliphatic hydroxyl groups is 1. The summed E-state index contributed by atoms with van der Waals surface area (Å²) < 4.78 is 0. The number of guanidine groups is 1. The molecule has 1 aromatic rings. The highest BCUT2D eigenvalue weighted by molar-refractivity contribution is 14.0. The van der Waals surface area contributed by atoms with Crippen LogP contribution in [0.1, 0.15) is 24.8 Å². The summed E-state index contributed by atoms with van der Waals surface area (Å²) in [5, 5.41) is 12.9. The highest BCUT2D eigenvalue weighted by Gasteiger charge is 2.33. The lowest BCUT2D eigenvalue weighted by atomic mass is 9.80. The molecule has 1 aliphatic carbocycles. The Morgan fingerprint density at radius 1 is 1.50 bits per heavy atom. The van der Waals surface area contributed by atoms with E-state index in [1.807, 2.05) is 31.2 Å². The zero-order valence-electron chi connectivity index (χ0n) is 10.5. The zero-order valence-corrected chi connectivity index (χ0v) is 12.8. The molecule has 1 aromatic carbocycles. The number of nitrogens with one attached hydrogen (secondary N) is 1. The minimum absolute atomic E-state index is 0. The normalized spacial score (nSPS) is 17.6.